The molecule has 0 aliphatic carbocycles. The fourth-order valence-corrected chi connectivity index (χ4v) is 5.45. The minimum Gasteiger partial charge on any atom is -0.497 e. The molecule has 9 heteroatoms. The minimum atomic E-state index is -0.0798. The zero-order valence-corrected chi connectivity index (χ0v) is 22.6. The summed E-state index contributed by atoms with van der Waals surface area (Å²) >= 11 is 0. The van der Waals surface area contributed by atoms with Crippen LogP contribution in [0.5, 0.6) is 5.75 Å². The van der Waals surface area contributed by atoms with Crippen LogP contribution in [0.1, 0.15) is 17.8 Å². The smallest absolute Gasteiger partial charge is 0.262 e. The summed E-state index contributed by atoms with van der Waals surface area (Å²) in [6.07, 6.45) is 1.48. The fraction of sp³-hybridized carbons (Fsp3) is 0.290. The second-order valence-electron chi connectivity index (χ2n) is 10.0. The third-order valence-electron chi connectivity index (χ3n) is 7.67. The molecule has 1 amide bonds. The van der Waals surface area contributed by atoms with Gasteiger partial charge in [-0.3, -0.25) is 18.6 Å². The van der Waals surface area contributed by atoms with Crippen molar-refractivity contribution in [1.29, 1.82) is 0 Å². The van der Waals surface area contributed by atoms with Crippen molar-refractivity contribution in [2.24, 2.45) is 0 Å². The number of benzene rings is 3. The number of anilines is 1. The van der Waals surface area contributed by atoms with E-state index in [0.29, 0.717) is 55.9 Å². The molecule has 0 unspecified atom stereocenters. The van der Waals surface area contributed by atoms with E-state index in [1.165, 1.54) is 0 Å². The zero-order chi connectivity index (χ0) is 27.5. The number of aromatic nitrogens is 4. The topological polar surface area (TPSA) is 85.0 Å². The zero-order valence-electron chi connectivity index (χ0n) is 22.6. The molecule has 3 heterocycles. The van der Waals surface area contributed by atoms with Crippen molar-refractivity contribution in [2.45, 2.75) is 25.8 Å². The predicted octanol–water partition coefficient (Wildman–Crippen LogP) is 3.58. The number of rotatable bonds is 8. The number of hydrogen-bond donors (Lipinski definition) is 0. The molecule has 0 N–H and O–H groups in total. The van der Waals surface area contributed by atoms with Crippen LogP contribution in [0.4, 0.5) is 5.69 Å². The first-order valence-corrected chi connectivity index (χ1v) is 13.7. The maximum absolute atomic E-state index is 13.4. The first-order valence-electron chi connectivity index (χ1n) is 13.7. The normalized spacial score (nSPS) is 13.7. The molecule has 0 saturated carbocycles. The number of aryl methyl sites for hydroxylation is 3. The lowest BCUT2D eigenvalue weighted by atomic mass is 10.1. The van der Waals surface area contributed by atoms with Gasteiger partial charge in [-0.1, -0.05) is 42.5 Å². The van der Waals surface area contributed by atoms with E-state index >= 15 is 0 Å². The van der Waals surface area contributed by atoms with Crippen molar-refractivity contribution >= 4 is 28.3 Å². The summed E-state index contributed by atoms with van der Waals surface area (Å²) in [4.78, 5) is 30.8. The summed E-state index contributed by atoms with van der Waals surface area (Å²) in [5.41, 5.74) is 2.97. The number of carbonyl (C=O) groups is 1. The first kappa shape index (κ1) is 25.6. The van der Waals surface area contributed by atoms with E-state index in [4.69, 9.17) is 4.74 Å². The highest BCUT2D eigenvalue weighted by atomic mass is 16.5. The van der Waals surface area contributed by atoms with Crippen molar-refractivity contribution in [1.82, 2.24) is 24.1 Å². The highest BCUT2D eigenvalue weighted by Gasteiger charge is 2.23. The maximum Gasteiger partial charge on any atom is 0.262 e. The van der Waals surface area contributed by atoms with Crippen LogP contribution >= 0.6 is 0 Å². The Kier molecular flexibility index (Phi) is 7.18. The molecule has 0 atom stereocenters. The van der Waals surface area contributed by atoms with Gasteiger partial charge in [0.1, 0.15) is 11.6 Å². The lowest BCUT2D eigenvalue weighted by molar-refractivity contribution is -0.131. The van der Waals surface area contributed by atoms with Crippen LogP contribution in [-0.4, -0.2) is 63.3 Å². The van der Waals surface area contributed by atoms with E-state index in [1.54, 1.807) is 11.7 Å². The average Bonchev–Trinajstić information content (AvgIpc) is 3.44. The number of piperazine rings is 1. The number of para-hydroxylation sites is 1. The molecular weight excluding hydrogens is 504 g/mol. The van der Waals surface area contributed by atoms with Crippen LogP contribution in [0.2, 0.25) is 0 Å². The number of amides is 1. The summed E-state index contributed by atoms with van der Waals surface area (Å²) in [6.45, 7) is 3.40. The van der Waals surface area contributed by atoms with Gasteiger partial charge < -0.3 is 14.5 Å². The van der Waals surface area contributed by atoms with E-state index in [0.717, 1.165) is 35.6 Å². The Bertz CT molecular complexity index is 1690. The van der Waals surface area contributed by atoms with Gasteiger partial charge in [0.15, 0.2) is 0 Å². The largest absolute Gasteiger partial charge is 0.497 e. The Morgan fingerprint density at radius 1 is 0.850 bits per heavy atom. The monoisotopic (exact) mass is 536 g/mol. The molecular formula is C31H32N6O3. The number of hydrogen-bond acceptors (Lipinski definition) is 6. The van der Waals surface area contributed by atoms with E-state index < -0.39 is 0 Å². The van der Waals surface area contributed by atoms with Crippen molar-refractivity contribution in [3.63, 3.8) is 0 Å². The average molecular weight is 537 g/mol. The van der Waals surface area contributed by atoms with Crippen LogP contribution in [0, 0.1) is 0 Å². The Labute approximate surface area is 232 Å². The standard InChI is InChI=1S/C31H32N6O3/c1-40-25-13-11-24(12-14-25)34-19-21-35(22-20-34)29(38)16-15-28-32-33-31-36(18-17-23-7-3-2-4-8-23)30(39)26-9-5-6-10-27(26)37(28)31/h2-14H,15-22H2,1H3. The minimum absolute atomic E-state index is 0.0798. The molecule has 5 aromatic rings. The third kappa shape index (κ3) is 5.02. The van der Waals surface area contributed by atoms with Crippen molar-refractivity contribution < 1.29 is 9.53 Å². The molecule has 204 valence electrons. The Morgan fingerprint density at radius 3 is 2.33 bits per heavy atom. The number of methoxy groups -OCH3 is 1. The van der Waals surface area contributed by atoms with Crippen molar-refractivity contribution in [3.8, 4) is 5.75 Å². The van der Waals surface area contributed by atoms with Gasteiger partial charge in [0.25, 0.3) is 5.56 Å². The van der Waals surface area contributed by atoms with Crippen LogP contribution in [0.3, 0.4) is 0 Å². The summed E-state index contributed by atoms with van der Waals surface area (Å²) in [6, 6.07) is 25.7. The number of nitrogens with zero attached hydrogens (tertiary/aromatic N) is 6. The predicted molar refractivity (Wildman–Crippen MR) is 155 cm³/mol. The molecule has 40 heavy (non-hydrogen) atoms. The van der Waals surface area contributed by atoms with Crippen LogP contribution in [0.25, 0.3) is 16.7 Å². The van der Waals surface area contributed by atoms with Gasteiger partial charge in [-0.15, -0.1) is 10.2 Å². The number of fused-ring (bicyclic) bond motifs is 3. The van der Waals surface area contributed by atoms with Gasteiger partial charge in [-0.25, -0.2) is 0 Å². The van der Waals surface area contributed by atoms with Gasteiger partial charge in [-0.2, -0.15) is 0 Å². The van der Waals surface area contributed by atoms with E-state index in [1.807, 2.05) is 63.9 Å². The summed E-state index contributed by atoms with van der Waals surface area (Å²) in [7, 11) is 1.66. The van der Waals surface area contributed by atoms with Gasteiger partial charge in [0, 0.05) is 51.3 Å². The van der Waals surface area contributed by atoms with Crippen LogP contribution in [-0.2, 0) is 24.2 Å². The summed E-state index contributed by atoms with van der Waals surface area (Å²) < 4.78 is 8.90. The van der Waals surface area contributed by atoms with Crippen LogP contribution < -0.4 is 15.2 Å². The highest BCUT2D eigenvalue weighted by Crippen LogP contribution is 2.21. The second kappa shape index (κ2) is 11.2. The fourth-order valence-electron chi connectivity index (χ4n) is 5.45. The lowest BCUT2D eigenvalue weighted by Crippen LogP contribution is -2.48. The van der Waals surface area contributed by atoms with Gasteiger partial charge in [0.05, 0.1) is 18.0 Å². The van der Waals surface area contributed by atoms with E-state index in [2.05, 4.69) is 39.4 Å². The third-order valence-corrected chi connectivity index (χ3v) is 7.67. The summed E-state index contributed by atoms with van der Waals surface area (Å²) in [5.74, 6) is 2.13. The lowest BCUT2D eigenvalue weighted by Gasteiger charge is -2.36. The molecule has 1 aliphatic heterocycles. The van der Waals surface area contributed by atoms with Crippen LogP contribution in [0.15, 0.2) is 83.7 Å². The first-order chi connectivity index (χ1) is 19.6. The molecule has 1 fully saturated rings. The number of ether oxygens (including phenoxy) is 1. The van der Waals surface area contributed by atoms with Crippen molar-refractivity contribution in [3.05, 3.63) is 101 Å². The van der Waals surface area contributed by atoms with Gasteiger partial charge >= 0.3 is 0 Å². The number of carbonyl (C=O) groups excluding carboxylic acids is 1. The Hall–Kier alpha value is -4.66. The maximum atomic E-state index is 13.4. The second-order valence-corrected chi connectivity index (χ2v) is 10.0. The molecule has 3 aromatic carbocycles. The summed E-state index contributed by atoms with van der Waals surface area (Å²) in [5, 5.41) is 9.49. The Morgan fingerprint density at radius 2 is 1.57 bits per heavy atom. The SMILES string of the molecule is COc1ccc(N2CCN(C(=O)CCc3nnc4n(CCc5ccccc5)c(=O)c5ccccc5n34)CC2)cc1. The molecule has 1 aliphatic rings. The van der Waals surface area contributed by atoms with Gasteiger partial charge in [-0.05, 0) is 48.4 Å². The Balaban J connectivity index is 1.17. The van der Waals surface area contributed by atoms with Gasteiger partial charge in [0.2, 0.25) is 11.7 Å². The van der Waals surface area contributed by atoms with E-state index in [9.17, 15) is 9.59 Å². The van der Waals surface area contributed by atoms with Crippen molar-refractivity contribution in [2.75, 3.05) is 38.2 Å². The quantitative estimate of drug-likeness (QED) is 0.302. The molecule has 0 radical (unpaired) electrons. The molecule has 2 aromatic heterocycles. The van der Waals surface area contributed by atoms with E-state index in [-0.39, 0.29) is 11.5 Å². The highest BCUT2D eigenvalue weighted by molar-refractivity contribution is 5.80. The molecule has 0 bridgehead atoms. The molecule has 1 saturated heterocycles. The molecule has 9 nitrogen and oxygen atoms in total. The molecule has 0 spiro atoms. The molecule has 6 rings (SSSR count).